The lowest BCUT2D eigenvalue weighted by atomic mass is 9.94. The Kier molecular flexibility index (Phi) is 14.5. The van der Waals surface area contributed by atoms with Crippen molar-refractivity contribution in [2.75, 3.05) is 20.3 Å². The topological polar surface area (TPSA) is 215 Å². The summed E-state index contributed by atoms with van der Waals surface area (Å²) < 4.78 is 49.3. The van der Waals surface area contributed by atoms with Crippen LogP contribution in [0.3, 0.4) is 0 Å². The Labute approximate surface area is 263 Å². The Morgan fingerprint density at radius 3 is 1.51 bits per heavy atom. The molecule has 0 saturated carbocycles. The normalized spacial score (nSPS) is 31.0. The van der Waals surface area contributed by atoms with Crippen LogP contribution >= 0.6 is 11.8 Å². The van der Waals surface area contributed by atoms with Gasteiger partial charge in [-0.2, -0.15) is 0 Å². The van der Waals surface area contributed by atoms with Crippen LogP contribution in [0.5, 0.6) is 0 Å². The molecule has 0 aliphatic carbocycles. The smallest absolute Gasteiger partial charge is 0.303 e. The SMILES string of the molecule is CO[C@H]1O[C@H](COC(C)=O)[C@@H](OC(C)=O)[C@H](N[C@@H]2S[C@H](COC(C)=O)[C@@H](OC(C)=O)[C@H](OC(C)=O)[C@@H]2OC(C)=O)[C@@H]1OC(C)=O. The zero-order valence-corrected chi connectivity index (χ0v) is 26.9. The maximum atomic E-state index is 12.3. The van der Waals surface area contributed by atoms with Crippen molar-refractivity contribution < 1.29 is 76.2 Å². The van der Waals surface area contributed by atoms with Gasteiger partial charge in [0.05, 0.1) is 16.7 Å². The van der Waals surface area contributed by atoms with Crippen molar-refractivity contribution in [2.24, 2.45) is 0 Å². The fourth-order valence-corrected chi connectivity index (χ4v) is 6.33. The first-order valence-corrected chi connectivity index (χ1v) is 14.7. The third kappa shape index (κ3) is 11.4. The van der Waals surface area contributed by atoms with Gasteiger partial charge in [-0.25, -0.2) is 0 Å². The number of carbonyl (C=O) groups excluding carboxylic acids is 7. The predicted molar refractivity (Wildman–Crippen MR) is 149 cm³/mol. The van der Waals surface area contributed by atoms with Gasteiger partial charge in [-0.3, -0.25) is 38.9 Å². The Bertz CT molecular complexity index is 1120. The first-order valence-electron chi connectivity index (χ1n) is 13.8. The second-order valence-electron chi connectivity index (χ2n) is 10.0. The van der Waals surface area contributed by atoms with Crippen molar-refractivity contribution in [2.45, 2.75) is 108 Å². The summed E-state index contributed by atoms with van der Waals surface area (Å²) >= 11 is 0.986. The minimum Gasteiger partial charge on any atom is -0.465 e. The average Bonchev–Trinajstić information content (AvgIpc) is 2.90. The van der Waals surface area contributed by atoms with Crippen LogP contribution in [0.1, 0.15) is 48.5 Å². The standard InChI is InChI=1S/C27H39NO16S/c1-11(29)37-9-18-21(39-13(3)31)20(23(41-15(5)33)27(36-8)44-18)28-26-25(43-17(7)35)24(42-16(6)34)22(40-14(4)32)19(45-26)10-38-12(2)30/h18-28H,9-10H2,1-8H3/t18-,19-,20+,21-,22-,23+,24+,25+,26-,27+/m1/s1. The van der Waals surface area contributed by atoms with Crippen LogP contribution in [0.2, 0.25) is 0 Å². The second kappa shape index (κ2) is 17.3. The number of carbonyl (C=O) groups is 7. The van der Waals surface area contributed by atoms with Crippen molar-refractivity contribution in [3.05, 3.63) is 0 Å². The highest BCUT2D eigenvalue weighted by molar-refractivity contribution is 8.00. The molecule has 18 heteroatoms. The van der Waals surface area contributed by atoms with Crippen LogP contribution < -0.4 is 5.32 Å². The molecule has 2 aliphatic rings. The molecule has 2 saturated heterocycles. The van der Waals surface area contributed by atoms with Crippen molar-refractivity contribution in [1.82, 2.24) is 5.32 Å². The molecule has 2 fully saturated rings. The number of rotatable bonds is 12. The van der Waals surface area contributed by atoms with Gasteiger partial charge < -0.3 is 42.6 Å². The lowest BCUT2D eigenvalue weighted by molar-refractivity contribution is -0.280. The minimum atomic E-state index is -1.43. The largest absolute Gasteiger partial charge is 0.465 e. The van der Waals surface area contributed by atoms with E-state index >= 15 is 0 Å². The molecule has 45 heavy (non-hydrogen) atoms. The Morgan fingerprint density at radius 2 is 1.02 bits per heavy atom. The van der Waals surface area contributed by atoms with E-state index in [9.17, 15) is 33.6 Å². The van der Waals surface area contributed by atoms with E-state index in [2.05, 4.69) is 5.32 Å². The Morgan fingerprint density at radius 1 is 0.578 bits per heavy atom. The lowest BCUT2D eigenvalue weighted by Crippen LogP contribution is -2.70. The molecule has 0 spiro atoms. The fraction of sp³-hybridized carbons (Fsp3) is 0.741. The van der Waals surface area contributed by atoms with Crippen LogP contribution in [-0.4, -0.2) is 122 Å². The molecule has 0 aromatic rings. The van der Waals surface area contributed by atoms with Gasteiger partial charge in [0.15, 0.2) is 36.8 Å². The predicted octanol–water partition coefficient (Wildman–Crippen LogP) is -0.458. The summed E-state index contributed by atoms with van der Waals surface area (Å²) in [5.74, 6) is -5.21. The Hall–Kier alpha value is -3.48. The van der Waals surface area contributed by atoms with Crippen LogP contribution in [0.4, 0.5) is 0 Å². The molecule has 1 N–H and O–H groups in total. The van der Waals surface area contributed by atoms with Gasteiger partial charge in [-0.05, 0) is 0 Å². The van der Waals surface area contributed by atoms with Gasteiger partial charge in [-0.1, -0.05) is 0 Å². The molecule has 0 bridgehead atoms. The van der Waals surface area contributed by atoms with Crippen LogP contribution in [0.15, 0.2) is 0 Å². The Balaban J connectivity index is 2.70. The van der Waals surface area contributed by atoms with E-state index in [0.717, 1.165) is 53.3 Å². The quantitative estimate of drug-likeness (QED) is 0.206. The highest BCUT2D eigenvalue weighted by Crippen LogP contribution is 2.39. The number of methoxy groups -OCH3 is 1. The van der Waals surface area contributed by atoms with Crippen LogP contribution in [0.25, 0.3) is 0 Å². The second-order valence-corrected chi connectivity index (χ2v) is 11.4. The molecule has 0 aromatic heterocycles. The van der Waals surface area contributed by atoms with E-state index < -0.39 is 108 Å². The van der Waals surface area contributed by atoms with E-state index in [4.69, 9.17) is 42.6 Å². The molecule has 2 aliphatic heterocycles. The van der Waals surface area contributed by atoms with Gasteiger partial charge in [0.25, 0.3) is 0 Å². The molecule has 0 radical (unpaired) electrons. The van der Waals surface area contributed by atoms with Crippen molar-refractivity contribution in [1.29, 1.82) is 0 Å². The molecule has 10 atom stereocenters. The number of ether oxygens (including phenoxy) is 9. The van der Waals surface area contributed by atoms with E-state index in [1.807, 2.05) is 0 Å². The highest BCUT2D eigenvalue weighted by atomic mass is 32.2. The van der Waals surface area contributed by atoms with Crippen LogP contribution in [-0.2, 0) is 76.2 Å². The number of nitrogens with one attached hydrogen (secondary N) is 1. The molecule has 2 rings (SSSR count). The van der Waals surface area contributed by atoms with E-state index in [1.54, 1.807) is 0 Å². The van der Waals surface area contributed by atoms with E-state index in [-0.39, 0.29) is 6.61 Å². The third-order valence-corrected chi connectivity index (χ3v) is 7.74. The fourth-order valence-electron chi connectivity index (χ4n) is 4.84. The summed E-state index contributed by atoms with van der Waals surface area (Å²) in [7, 11) is 1.26. The van der Waals surface area contributed by atoms with Crippen molar-refractivity contribution >= 4 is 53.5 Å². The zero-order valence-electron chi connectivity index (χ0n) is 26.1. The maximum absolute atomic E-state index is 12.3. The first kappa shape index (κ1) is 37.7. The summed E-state index contributed by atoms with van der Waals surface area (Å²) in [6, 6.07) is -1.20. The molecular weight excluding hydrogens is 626 g/mol. The average molecular weight is 666 g/mol. The number of hydrogen-bond donors (Lipinski definition) is 1. The molecule has 2 heterocycles. The highest BCUT2D eigenvalue weighted by Gasteiger charge is 2.56. The number of esters is 7. The zero-order chi connectivity index (χ0) is 34.0. The molecular formula is C27H39NO16S. The first-order chi connectivity index (χ1) is 21.0. The molecule has 17 nitrogen and oxygen atoms in total. The number of thioether (sulfide) groups is 1. The summed E-state index contributed by atoms with van der Waals surface area (Å²) in [6.45, 7) is 7.16. The summed E-state index contributed by atoms with van der Waals surface area (Å²) in [5, 5.41) is 1.16. The monoisotopic (exact) mass is 665 g/mol. The van der Waals surface area contributed by atoms with Crippen molar-refractivity contribution in [3.8, 4) is 0 Å². The van der Waals surface area contributed by atoms with Gasteiger partial charge in [-0.15, -0.1) is 11.8 Å². The molecule has 254 valence electrons. The lowest BCUT2D eigenvalue weighted by Gasteiger charge is -2.49. The summed E-state index contributed by atoms with van der Waals surface area (Å²) in [6.07, 6.45) is -9.11. The van der Waals surface area contributed by atoms with Crippen LogP contribution in [0, 0.1) is 0 Å². The third-order valence-electron chi connectivity index (χ3n) is 6.29. The van der Waals surface area contributed by atoms with Gasteiger partial charge >= 0.3 is 41.8 Å². The summed E-state index contributed by atoms with van der Waals surface area (Å²) in [4.78, 5) is 84.5. The number of hydrogen-bond acceptors (Lipinski definition) is 18. The maximum Gasteiger partial charge on any atom is 0.303 e. The summed E-state index contributed by atoms with van der Waals surface area (Å²) in [5.41, 5.74) is 0. The molecule has 0 unspecified atom stereocenters. The van der Waals surface area contributed by atoms with E-state index in [1.165, 1.54) is 14.0 Å². The van der Waals surface area contributed by atoms with E-state index in [0.29, 0.717) is 0 Å². The van der Waals surface area contributed by atoms with Gasteiger partial charge in [0, 0.05) is 55.6 Å². The molecule has 0 aromatic carbocycles. The van der Waals surface area contributed by atoms with Crippen molar-refractivity contribution in [3.63, 3.8) is 0 Å². The van der Waals surface area contributed by atoms with Gasteiger partial charge in [0.1, 0.15) is 19.3 Å². The molecule has 0 amide bonds. The van der Waals surface area contributed by atoms with Gasteiger partial charge in [0.2, 0.25) is 0 Å². The minimum absolute atomic E-state index is 0.328.